The van der Waals surface area contributed by atoms with Crippen LogP contribution in [0, 0.1) is 11.8 Å². The summed E-state index contributed by atoms with van der Waals surface area (Å²) >= 11 is 0. The second-order valence-corrected chi connectivity index (χ2v) is 7.84. The highest BCUT2D eigenvalue weighted by molar-refractivity contribution is 5.85. The second kappa shape index (κ2) is 15.5. The molecule has 0 aliphatic heterocycles. The molecule has 0 aromatic heterocycles. The van der Waals surface area contributed by atoms with E-state index < -0.39 is 0 Å². The number of carbonyl (C=O) groups is 3. The Labute approximate surface area is 165 Å². The summed E-state index contributed by atoms with van der Waals surface area (Å²) < 4.78 is 0. The molecule has 0 aromatic carbocycles. The minimum Gasteiger partial charge on any atom is -0.356 e. The van der Waals surface area contributed by atoms with Crippen molar-refractivity contribution in [3.8, 4) is 0 Å². The van der Waals surface area contributed by atoms with Crippen molar-refractivity contribution in [3.63, 3.8) is 0 Å². The third kappa shape index (κ3) is 12.4. The van der Waals surface area contributed by atoms with Crippen LogP contribution in [0.3, 0.4) is 0 Å². The van der Waals surface area contributed by atoms with Crippen molar-refractivity contribution in [3.05, 3.63) is 0 Å². The van der Waals surface area contributed by atoms with E-state index >= 15 is 0 Å². The molecule has 0 spiro atoms. The summed E-state index contributed by atoms with van der Waals surface area (Å²) in [6.45, 7) is 11.6. The minimum atomic E-state index is -0.330. The van der Waals surface area contributed by atoms with Gasteiger partial charge in [-0.3, -0.25) is 14.5 Å². The minimum absolute atomic E-state index is 0.0862. The number of nitrogens with zero attached hydrogens (tertiary/aromatic N) is 1. The van der Waals surface area contributed by atoms with Crippen LogP contribution in [-0.2, 0) is 9.59 Å². The Morgan fingerprint density at radius 1 is 0.963 bits per heavy atom. The summed E-state index contributed by atoms with van der Waals surface area (Å²) in [6.07, 6.45) is 7.83. The average molecular weight is 384 g/mol. The quantitative estimate of drug-likeness (QED) is 0.418. The number of unbranched alkanes of at least 4 members (excludes halogenated alkanes) is 1. The molecule has 3 atom stereocenters. The lowest BCUT2D eigenvalue weighted by Gasteiger charge is -2.24. The highest BCUT2D eigenvalue weighted by Gasteiger charge is 2.19. The number of hydrogen-bond donors (Lipinski definition) is 2. The van der Waals surface area contributed by atoms with Crippen LogP contribution in [-0.4, -0.2) is 42.4 Å². The van der Waals surface area contributed by atoms with Crippen LogP contribution in [0.25, 0.3) is 0 Å². The molecule has 4 amide bonds. The normalized spacial score (nSPS) is 14.1. The Hall–Kier alpha value is -1.59. The number of imide groups is 1. The van der Waals surface area contributed by atoms with E-state index in [0.717, 1.165) is 51.5 Å². The van der Waals surface area contributed by atoms with Crippen molar-refractivity contribution in [2.24, 2.45) is 11.8 Å². The molecule has 0 aromatic rings. The molecule has 0 radical (unpaired) electrons. The van der Waals surface area contributed by atoms with Gasteiger partial charge in [0.15, 0.2) is 0 Å². The maximum Gasteiger partial charge on any atom is 0.324 e. The maximum atomic E-state index is 12.2. The van der Waals surface area contributed by atoms with Crippen LogP contribution in [0.1, 0.15) is 86.0 Å². The van der Waals surface area contributed by atoms with Crippen LogP contribution < -0.4 is 10.6 Å². The molecule has 0 bridgehead atoms. The molecule has 158 valence electrons. The van der Waals surface area contributed by atoms with Gasteiger partial charge in [0.05, 0.1) is 0 Å². The summed E-state index contributed by atoms with van der Waals surface area (Å²) in [6, 6.07) is -0.417. The maximum absolute atomic E-state index is 12.2. The van der Waals surface area contributed by atoms with Crippen LogP contribution >= 0.6 is 0 Å². The smallest absolute Gasteiger partial charge is 0.324 e. The van der Waals surface area contributed by atoms with Gasteiger partial charge in [-0.1, -0.05) is 47.0 Å². The third-order valence-electron chi connectivity index (χ3n) is 5.16. The fourth-order valence-electron chi connectivity index (χ4n) is 2.81. The average Bonchev–Trinajstić information content (AvgIpc) is 2.65. The van der Waals surface area contributed by atoms with Crippen LogP contribution in [0.2, 0.25) is 0 Å². The molecule has 0 saturated heterocycles. The van der Waals surface area contributed by atoms with E-state index in [-0.39, 0.29) is 23.9 Å². The molecule has 2 N–H and O–H groups in total. The first kappa shape index (κ1) is 25.4. The lowest BCUT2D eigenvalue weighted by Crippen LogP contribution is -2.45. The zero-order valence-corrected chi connectivity index (χ0v) is 18.1. The molecular weight excluding hydrogens is 342 g/mol. The molecule has 3 unspecified atom stereocenters. The molecule has 0 saturated carbocycles. The summed E-state index contributed by atoms with van der Waals surface area (Å²) in [5.41, 5.74) is 0. The molecule has 6 heteroatoms. The number of amides is 4. The number of nitrogens with one attached hydrogen (secondary N) is 2. The number of urea groups is 1. The lowest BCUT2D eigenvalue weighted by atomic mass is 10.0. The van der Waals surface area contributed by atoms with Crippen LogP contribution in [0.15, 0.2) is 0 Å². The van der Waals surface area contributed by atoms with Crippen molar-refractivity contribution in [1.82, 2.24) is 15.5 Å². The van der Waals surface area contributed by atoms with E-state index in [0.29, 0.717) is 25.3 Å². The van der Waals surface area contributed by atoms with Crippen molar-refractivity contribution in [1.29, 1.82) is 0 Å². The SMILES string of the molecule is CCCCC(C)N(C=O)C(=O)NCC(C)CCCC(=O)NCCC(C)CC. The zero-order chi connectivity index (χ0) is 20.7. The van der Waals surface area contributed by atoms with Gasteiger partial charge in [-0.2, -0.15) is 0 Å². The van der Waals surface area contributed by atoms with Gasteiger partial charge < -0.3 is 10.6 Å². The molecule has 0 heterocycles. The lowest BCUT2D eigenvalue weighted by molar-refractivity contribution is -0.121. The van der Waals surface area contributed by atoms with E-state index in [1.165, 1.54) is 4.90 Å². The van der Waals surface area contributed by atoms with Crippen molar-refractivity contribution >= 4 is 18.3 Å². The number of hydrogen-bond acceptors (Lipinski definition) is 3. The van der Waals surface area contributed by atoms with Crippen LogP contribution in [0.5, 0.6) is 0 Å². The van der Waals surface area contributed by atoms with Gasteiger partial charge in [-0.25, -0.2) is 4.79 Å². The topological polar surface area (TPSA) is 78.5 Å². The molecule has 0 aliphatic carbocycles. The van der Waals surface area contributed by atoms with Crippen molar-refractivity contribution in [2.75, 3.05) is 13.1 Å². The van der Waals surface area contributed by atoms with Gasteiger partial charge in [-0.15, -0.1) is 0 Å². The standard InChI is InChI=1S/C21H41N3O3/c1-6-8-11-19(5)24(16-25)21(27)23-15-18(4)10-9-12-20(26)22-14-13-17(3)7-2/h16-19H,6-15H2,1-5H3,(H,22,26)(H,23,27). The van der Waals surface area contributed by atoms with Gasteiger partial charge in [-0.05, 0) is 44.4 Å². The van der Waals surface area contributed by atoms with Gasteiger partial charge in [0.2, 0.25) is 12.3 Å². The first-order valence-corrected chi connectivity index (χ1v) is 10.6. The largest absolute Gasteiger partial charge is 0.356 e. The van der Waals surface area contributed by atoms with Gasteiger partial charge in [0.1, 0.15) is 0 Å². The molecule has 0 aliphatic rings. The monoisotopic (exact) mass is 383 g/mol. The predicted octanol–water partition coefficient (Wildman–Crippen LogP) is 4.09. The highest BCUT2D eigenvalue weighted by atomic mass is 16.2. The Bertz CT molecular complexity index is 429. The van der Waals surface area contributed by atoms with Crippen molar-refractivity contribution in [2.45, 2.75) is 92.0 Å². The number of rotatable bonds is 15. The molecule has 0 fully saturated rings. The Balaban J connectivity index is 3.97. The fraction of sp³-hybridized carbons (Fsp3) is 0.857. The van der Waals surface area contributed by atoms with E-state index in [9.17, 15) is 14.4 Å². The summed E-state index contributed by atoms with van der Waals surface area (Å²) in [5.74, 6) is 1.01. The second-order valence-electron chi connectivity index (χ2n) is 7.84. The van der Waals surface area contributed by atoms with Crippen LogP contribution in [0.4, 0.5) is 4.79 Å². The highest BCUT2D eigenvalue weighted by Crippen LogP contribution is 2.10. The summed E-state index contributed by atoms with van der Waals surface area (Å²) in [5, 5.41) is 5.81. The third-order valence-corrected chi connectivity index (χ3v) is 5.16. The summed E-state index contributed by atoms with van der Waals surface area (Å²) in [7, 11) is 0. The molecular formula is C21H41N3O3. The fourth-order valence-corrected chi connectivity index (χ4v) is 2.81. The van der Waals surface area contributed by atoms with E-state index in [4.69, 9.17) is 0 Å². The Kier molecular flexibility index (Phi) is 14.6. The molecule has 0 rings (SSSR count). The van der Waals surface area contributed by atoms with E-state index in [2.05, 4.69) is 31.4 Å². The summed E-state index contributed by atoms with van der Waals surface area (Å²) in [4.78, 5) is 36.5. The van der Waals surface area contributed by atoms with E-state index in [1.807, 2.05) is 13.8 Å². The first-order valence-electron chi connectivity index (χ1n) is 10.6. The van der Waals surface area contributed by atoms with E-state index in [1.54, 1.807) is 0 Å². The first-order chi connectivity index (χ1) is 12.8. The van der Waals surface area contributed by atoms with Gasteiger partial charge >= 0.3 is 6.03 Å². The van der Waals surface area contributed by atoms with Gasteiger partial charge in [0.25, 0.3) is 0 Å². The Morgan fingerprint density at radius 2 is 1.67 bits per heavy atom. The number of carbonyl (C=O) groups excluding carboxylic acids is 3. The molecule has 6 nitrogen and oxygen atoms in total. The van der Waals surface area contributed by atoms with Crippen molar-refractivity contribution < 1.29 is 14.4 Å². The zero-order valence-electron chi connectivity index (χ0n) is 18.1. The predicted molar refractivity (Wildman–Crippen MR) is 110 cm³/mol. The Morgan fingerprint density at radius 3 is 2.26 bits per heavy atom. The van der Waals surface area contributed by atoms with Gasteiger partial charge in [0, 0.05) is 25.6 Å². The molecule has 27 heavy (non-hydrogen) atoms.